The van der Waals surface area contributed by atoms with Crippen LogP contribution in [0.2, 0.25) is 5.02 Å². The molecule has 0 fully saturated rings. The first-order chi connectivity index (χ1) is 10.9. The predicted molar refractivity (Wildman–Crippen MR) is 83.8 cm³/mol. The van der Waals surface area contributed by atoms with E-state index in [2.05, 4.69) is 5.10 Å². The normalized spacial score (nSPS) is 11.7. The van der Waals surface area contributed by atoms with Crippen molar-refractivity contribution in [1.29, 1.82) is 0 Å². The molecule has 0 radical (unpaired) electrons. The van der Waals surface area contributed by atoms with Gasteiger partial charge in [-0.15, -0.1) is 0 Å². The molecule has 6 heteroatoms. The van der Waals surface area contributed by atoms with Gasteiger partial charge in [-0.2, -0.15) is 18.3 Å². The molecule has 0 amide bonds. The predicted octanol–water partition coefficient (Wildman–Crippen LogP) is 5.30. The number of halogens is 4. The first-order valence-corrected chi connectivity index (χ1v) is 7.27. The first kappa shape index (κ1) is 15.6. The van der Waals surface area contributed by atoms with Gasteiger partial charge in [0.2, 0.25) is 0 Å². The lowest BCUT2D eigenvalue weighted by atomic mass is 10.1. The van der Waals surface area contributed by atoms with Crippen molar-refractivity contribution in [3.63, 3.8) is 0 Å². The molecule has 0 unspecified atom stereocenters. The summed E-state index contributed by atoms with van der Waals surface area (Å²) in [5, 5.41) is 4.86. The molecule has 3 rings (SSSR count). The van der Waals surface area contributed by atoms with E-state index < -0.39 is 12.6 Å². The highest BCUT2D eigenvalue weighted by atomic mass is 35.5. The largest absolute Gasteiger partial charge is 0.393 e. The molecule has 0 spiro atoms. The Morgan fingerprint density at radius 3 is 2.22 bits per heavy atom. The molecular weight excluding hydrogens is 325 g/mol. The number of nitrogens with zero attached hydrogens (tertiary/aromatic N) is 2. The maximum Gasteiger partial charge on any atom is 0.393 e. The van der Waals surface area contributed by atoms with Crippen LogP contribution >= 0.6 is 11.6 Å². The molecule has 3 aromatic rings. The van der Waals surface area contributed by atoms with Crippen LogP contribution in [0.15, 0.2) is 60.8 Å². The molecule has 0 bridgehead atoms. The van der Waals surface area contributed by atoms with Crippen LogP contribution in [-0.4, -0.2) is 16.0 Å². The molecule has 0 aliphatic carbocycles. The van der Waals surface area contributed by atoms with E-state index in [1.54, 1.807) is 36.4 Å². The van der Waals surface area contributed by atoms with E-state index >= 15 is 0 Å². The second-order valence-electron chi connectivity index (χ2n) is 5.08. The van der Waals surface area contributed by atoms with Crippen LogP contribution in [0.4, 0.5) is 13.2 Å². The SMILES string of the molecule is FC(F)(F)Cc1cn(-c2ccccc2)nc1-c1ccc(Cl)cc1. The summed E-state index contributed by atoms with van der Waals surface area (Å²) in [5.41, 5.74) is 1.74. The molecule has 1 heterocycles. The average molecular weight is 337 g/mol. The third kappa shape index (κ3) is 3.74. The number of rotatable bonds is 3. The number of para-hydroxylation sites is 1. The smallest absolute Gasteiger partial charge is 0.240 e. The zero-order chi connectivity index (χ0) is 16.4. The van der Waals surface area contributed by atoms with Crippen molar-refractivity contribution in [2.45, 2.75) is 12.6 Å². The molecule has 23 heavy (non-hydrogen) atoms. The van der Waals surface area contributed by atoms with Crippen LogP contribution in [-0.2, 0) is 6.42 Å². The topological polar surface area (TPSA) is 17.8 Å². The first-order valence-electron chi connectivity index (χ1n) is 6.89. The van der Waals surface area contributed by atoms with Crippen molar-refractivity contribution in [3.8, 4) is 16.9 Å². The summed E-state index contributed by atoms with van der Waals surface area (Å²) in [6.07, 6.45) is -3.91. The third-order valence-electron chi connectivity index (χ3n) is 3.32. The highest BCUT2D eigenvalue weighted by molar-refractivity contribution is 6.30. The monoisotopic (exact) mass is 336 g/mol. The van der Waals surface area contributed by atoms with E-state index in [1.165, 1.54) is 10.9 Å². The molecule has 0 saturated carbocycles. The van der Waals surface area contributed by atoms with Crippen LogP contribution in [0.5, 0.6) is 0 Å². The standard InChI is InChI=1S/C17H12ClF3N2/c18-14-8-6-12(7-9-14)16-13(10-17(19,20)21)11-23(22-16)15-4-2-1-3-5-15/h1-9,11H,10H2. The molecule has 1 aromatic heterocycles. The quantitative estimate of drug-likeness (QED) is 0.635. The van der Waals surface area contributed by atoms with Gasteiger partial charge in [-0.1, -0.05) is 41.9 Å². The molecule has 118 valence electrons. The number of hydrogen-bond donors (Lipinski definition) is 0. The van der Waals surface area contributed by atoms with Gasteiger partial charge in [-0.3, -0.25) is 0 Å². The lowest BCUT2D eigenvalue weighted by Crippen LogP contribution is -2.11. The molecule has 2 aromatic carbocycles. The van der Waals surface area contributed by atoms with E-state index in [0.717, 1.165) is 0 Å². The van der Waals surface area contributed by atoms with Crippen LogP contribution in [0, 0.1) is 0 Å². The zero-order valence-corrected chi connectivity index (χ0v) is 12.6. The van der Waals surface area contributed by atoms with Crippen molar-refractivity contribution < 1.29 is 13.2 Å². The Labute approximate surface area is 136 Å². The zero-order valence-electron chi connectivity index (χ0n) is 11.9. The minimum absolute atomic E-state index is 0.128. The van der Waals surface area contributed by atoms with Crippen LogP contribution in [0.1, 0.15) is 5.56 Å². The summed E-state index contributed by atoms with van der Waals surface area (Å²) in [7, 11) is 0. The Kier molecular flexibility index (Phi) is 4.13. The average Bonchev–Trinajstić information content (AvgIpc) is 2.91. The Hall–Kier alpha value is -2.27. The van der Waals surface area contributed by atoms with Gasteiger partial charge in [0.25, 0.3) is 0 Å². The lowest BCUT2D eigenvalue weighted by molar-refractivity contribution is -0.127. The highest BCUT2D eigenvalue weighted by Gasteiger charge is 2.30. The van der Waals surface area contributed by atoms with Crippen molar-refractivity contribution in [2.75, 3.05) is 0 Å². The number of alkyl halides is 3. The fourth-order valence-electron chi connectivity index (χ4n) is 2.32. The molecule has 0 aliphatic heterocycles. The second-order valence-corrected chi connectivity index (χ2v) is 5.52. The number of hydrogen-bond acceptors (Lipinski definition) is 1. The summed E-state index contributed by atoms with van der Waals surface area (Å²) >= 11 is 5.84. The third-order valence-corrected chi connectivity index (χ3v) is 3.57. The van der Waals surface area contributed by atoms with E-state index in [4.69, 9.17) is 11.6 Å². The highest BCUT2D eigenvalue weighted by Crippen LogP contribution is 2.30. The molecule has 0 atom stereocenters. The molecule has 0 aliphatic rings. The number of aromatic nitrogens is 2. The summed E-state index contributed by atoms with van der Waals surface area (Å²) in [6.45, 7) is 0. The van der Waals surface area contributed by atoms with Gasteiger partial charge < -0.3 is 0 Å². The molecule has 0 saturated heterocycles. The van der Waals surface area contributed by atoms with Gasteiger partial charge in [0, 0.05) is 22.3 Å². The molecule has 2 nitrogen and oxygen atoms in total. The van der Waals surface area contributed by atoms with E-state index in [-0.39, 0.29) is 5.56 Å². The van der Waals surface area contributed by atoms with E-state index in [9.17, 15) is 13.2 Å². The molecule has 0 N–H and O–H groups in total. The summed E-state index contributed by atoms with van der Waals surface area (Å²) in [4.78, 5) is 0. The van der Waals surface area contributed by atoms with Gasteiger partial charge in [0.05, 0.1) is 17.8 Å². The van der Waals surface area contributed by atoms with E-state index in [1.807, 2.05) is 18.2 Å². The molecular formula is C17H12ClF3N2. The number of benzene rings is 2. The fourth-order valence-corrected chi connectivity index (χ4v) is 2.44. The van der Waals surface area contributed by atoms with Crippen molar-refractivity contribution >= 4 is 11.6 Å². The van der Waals surface area contributed by atoms with Crippen molar-refractivity contribution in [1.82, 2.24) is 9.78 Å². The minimum Gasteiger partial charge on any atom is -0.240 e. The second kappa shape index (κ2) is 6.08. The fraction of sp³-hybridized carbons (Fsp3) is 0.118. The Balaban J connectivity index is 2.09. The summed E-state index contributed by atoms with van der Waals surface area (Å²) < 4.78 is 40.0. The van der Waals surface area contributed by atoms with E-state index in [0.29, 0.717) is 22.0 Å². The summed E-state index contributed by atoms with van der Waals surface area (Å²) in [6, 6.07) is 15.6. The van der Waals surface area contributed by atoms with Gasteiger partial charge >= 0.3 is 6.18 Å². The van der Waals surface area contributed by atoms with Crippen molar-refractivity contribution in [2.24, 2.45) is 0 Å². The lowest BCUT2D eigenvalue weighted by Gasteiger charge is -2.06. The van der Waals surface area contributed by atoms with Gasteiger partial charge in [0.1, 0.15) is 0 Å². The summed E-state index contributed by atoms with van der Waals surface area (Å²) in [5.74, 6) is 0. The Bertz CT molecular complexity index is 793. The Morgan fingerprint density at radius 1 is 0.957 bits per heavy atom. The van der Waals surface area contributed by atoms with Gasteiger partial charge in [0.15, 0.2) is 0 Å². The Morgan fingerprint density at radius 2 is 1.61 bits per heavy atom. The van der Waals surface area contributed by atoms with Gasteiger partial charge in [-0.05, 0) is 24.3 Å². The minimum atomic E-state index is -4.30. The van der Waals surface area contributed by atoms with Crippen LogP contribution in [0.25, 0.3) is 16.9 Å². The van der Waals surface area contributed by atoms with Gasteiger partial charge in [-0.25, -0.2) is 4.68 Å². The van der Waals surface area contributed by atoms with Crippen molar-refractivity contribution in [3.05, 3.63) is 71.4 Å². The van der Waals surface area contributed by atoms with Crippen LogP contribution < -0.4 is 0 Å². The maximum atomic E-state index is 12.9. The maximum absolute atomic E-state index is 12.9. The van der Waals surface area contributed by atoms with Crippen LogP contribution in [0.3, 0.4) is 0 Å².